The molecule has 0 saturated carbocycles. The minimum absolute atomic E-state index is 0.136. The van der Waals surface area contributed by atoms with E-state index in [9.17, 15) is 4.79 Å². The Hall–Kier alpha value is -3.75. The summed E-state index contributed by atoms with van der Waals surface area (Å²) in [6.07, 6.45) is 2.94. The van der Waals surface area contributed by atoms with Crippen LogP contribution in [0.1, 0.15) is 27.5 Å². The van der Waals surface area contributed by atoms with Crippen molar-refractivity contribution in [2.75, 3.05) is 7.11 Å². The molecule has 0 radical (unpaired) electrons. The summed E-state index contributed by atoms with van der Waals surface area (Å²) in [6.45, 7) is 2.30. The van der Waals surface area contributed by atoms with Gasteiger partial charge in [-0.3, -0.25) is 4.79 Å². The highest BCUT2D eigenvalue weighted by atomic mass is 35.5. The molecule has 0 bridgehead atoms. The van der Waals surface area contributed by atoms with Gasteiger partial charge >= 0.3 is 0 Å². The first-order valence-electron chi connectivity index (χ1n) is 10.2. The lowest BCUT2D eigenvalue weighted by molar-refractivity contribution is 0.0994. The van der Waals surface area contributed by atoms with Gasteiger partial charge in [-0.2, -0.15) is 4.98 Å². The molecule has 2 aromatic carbocycles. The van der Waals surface area contributed by atoms with Gasteiger partial charge in [-0.25, -0.2) is 9.97 Å². The van der Waals surface area contributed by atoms with Crippen molar-refractivity contribution in [2.45, 2.75) is 13.5 Å². The van der Waals surface area contributed by atoms with Crippen LogP contribution in [0.4, 0.5) is 0 Å². The second-order valence-corrected chi connectivity index (χ2v) is 8.36. The molecule has 170 valence electrons. The summed E-state index contributed by atoms with van der Waals surface area (Å²) in [5.74, 6) is 0.292. The normalized spacial score (nSPS) is 11.2. The molecule has 5 rings (SSSR count). The third-order valence-electron chi connectivity index (χ3n) is 5.53. The summed E-state index contributed by atoms with van der Waals surface area (Å²) in [4.78, 5) is 25.8. The lowest BCUT2D eigenvalue weighted by Gasteiger charge is -2.11. The van der Waals surface area contributed by atoms with Crippen LogP contribution in [0.15, 0.2) is 59.5 Å². The Morgan fingerprint density at radius 2 is 2.00 bits per heavy atom. The molecule has 3 aromatic heterocycles. The molecule has 8 nitrogen and oxygen atoms in total. The highest BCUT2D eigenvalue weighted by Crippen LogP contribution is 2.33. The van der Waals surface area contributed by atoms with Gasteiger partial charge < -0.3 is 13.8 Å². The van der Waals surface area contributed by atoms with Gasteiger partial charge in [-0.1, -0.05) is 34.4 Å². The molecule has 0 aliphatic heterocycles. The highest BCUT2D eigenvalue weighted by molar-refractivity contribution is 6.35. The number of hydrogen-bond acceptors (Lipinski definition) is 7. The van der Waals surface area contributed by atoms with Crippen molar-refractivity contribution < 1.29 is 14.1 Å². The number of benzene rings is 2. The Kier molecular flexibility index (Phi) is 5.77. The van der Waals surface area contributed by atoms with Crippen LogP contribution in [0.5, 0.6) is 5.75 Å². The van der Waals surface area contributed by atoms with Crippen LogP contribution in [0.25, 0.3) is 22.4 Å². The minimum atomic E-state index is -0.399. The van der Waals surface area contributed by atoms with Crippen molar-refractivity contribution in [2.24, 2.45) is 0 Å². The fraction of sp³-hybridized carbons (Fsp3) is 0.125. The van der Waals surface area contributed by atoms with Gasteiger partial charge in [-0.15, -0.1) is 0 Å². The summed E-state index contributed by atoms with van der Waals surface area (Å²) in [6, 6.07) is 12.5. The van der Waals surface area contributed by atoms with E-state index in [4.69, 9.17) is 32.5 Å². The predicted molar refractivity (Wildman–Crippen MR) is 128 cm³/mol. The fourth-order valence-corrected chi connectivity index (χ4v) is 4.32. The number of fused-ring (bicyclic) bond motifs is 1. The van der Waals surface area contributed by atoms with Gasteiger partial charge in [0.05, 0.1) is 12.7 Å². The van der Waals surface area contributed by atoms with E-state index in [0.29, 0.717) is 39.0 Å². The van der Waals surface area contributed by atoms with Gasteiger partial charge in [0.25, 0.3) is 11.7 Å². The van der Waals surface area contributed by atoms with Crippen molar-refractivity contribution in [1.82, 2.24) is 24.7 Å². The Morgan fingerprint density at radius 3 is 2.74 bits per heavy atom. The number of aromatic nitrogens is 5. The van der Waals surface area contributed by atoms with Crippen LogP contribution >= 0.6 is 23.2 Å². The molecule has 0 N–H and O–H groups in total. The van der Waals surface area contributed by atoms with Crippen molar-refractivity contribution in [3.8, 4) is 17.3 Å². The molecule has 0 atom stereocenters. The fourth-order valence-electron chi connectivity index (χ4n) is 3.85. The van der Waals surface area contributed by atoms with Crippen LogP contribution in [0.2, 0.25) is 10.0 Å². The molecule has 0 amide bonds. The maximum absolute atomic E-state index is 13.6. The molecule has 0 aliphatic rings. The van der Waals surface area contributed by atoms with Gasteiger partial charge in [0.15, 0.2) is 0 Å². The molecule has 3 heterocycles. The molecule has 0 saturated heterocycles. The van der Waals surface area contributed by atoms with Crippen molar-refractivity contribution >= 4 is 39.9 Å². The minimum Gasteiger partial charge on any atom is -0.497 e. The summed E-state index contributed by atoms with van der Waals surface area (Å²) >= 11 is 12.5. The number of hydrogen-bond donors (Lipinski definition) is 0. The Bertz CT molecular complexity index is 1530. The van der Waals surface area contributed by atoms with E-state index >= 15 is 0 Å². The van der Waals surface area contributed by atoms with Crippen LogP contribution in [0.3, 0.4) is 0 Å². The van der Waals surface area contributed by atoms with E-state index in [1.54, 1.807) is 31.5 Å². The van der Waals surface area contributed by atoms with Gasteiger partial charge in [-0.05, 0) is 48.9 Å². The van der Waals surface area contributed by atoms with E-state index in [-0.39, 0.29) is 11.7 Å². The van der Waals surface area contributed by atoms with Crippen molar-refractivity contribution in [1.29, 1.82) is 0 Å². The zero-order valence-electron chi connectivity index (χ0n) is 18.1. The Balaban J connectivity index is 1.62. The first kappa shape index (κ1) is 22.1. The largest absolute Gasteiger partial charge is 0.497 e. The van der Waals surface area contributed by atoms with Gasteiger partial charge in [0.1, 0.15) is 17.8 Å². The number of carbonyl (C=O) groups excluding carboxylic acids is 1. The second kappa shape index (κ2) is 8.89. The molecule has 0 spiro atoms. The highest BCUT2D eigenvalue weighted by Gasteiger charge is 2.26. The van der Waals surface area contributed by atoms with Crippen molar-refractivity contribution in [3.63, 3.8) is 0 Å². The number of halogens is 2. The maximum atomic E-state index is 13.6. The molecule has 0 aliphatic carbocycles. The second-order valence-electron chi connectivity index (χ2n) is 7.51. The molecule has 0 unspecified atom stereocenters. The molecular formula is C24H17Cl2N5O3. The maximum Gasteiger partial charge on any atom is 0.299 e. The summed E-state index contributed by atoms with van der Waals surface area (Å²) in [5, 5.41) is 5.71. The topological polar surface area (TPSA) is 95.9 Å². The van der Waals surface area contributed by atoms with E-state index < -0.39 is 5.78 Å². The SMILES string of the molecule is COc1ccc2c(c1)c(C(=O)c1nc(-c3ccncn3)no1)c(C)n2Cc1ccc(Cl)cc1Cl. The van der Waals surface area contributed by atoms with E-state index in [1.807, 2.05) is 35.8 Å². The van der Waals surface area contributed by atoms with E-state index in [2.05, 4.69) is 20.1 Å². The molecule has 0 fully saturated rings. The average Bonchev–Trinajstić information content (AvgIpc) is 3.44. The Labute approximate surface area is 204 Å². The van der Waals surface area contributed by atoms with Gasteiger partial charge in [0.2, 0.25) is 5.82 Å². The summed E-state index contributed by atoms with van der Waals surface area (Å²) < 4.78 is 12.7. The zero-order chi connectivity index (χ0) is 23.8. The standard InChI is InChI=1S/C24H17Cl2N5O3/c1-13-21(22(32)24-29-23(30-34-24)19-7-8-27-12-28-19)17-10-16(33-2)5-6-20(17)31(13)11-14-3-4-15(25)9-18(14)26/h3-10,12H,11H2,1-2H3. The molecule has 10 heteroatoms. The van der Waals surface area contributed by atoms with Crippen molar-refractivity contribution in [3.05, 3.63) is 87.7 Å². The lowest BCUT2D eigenvalue weighted by atomic mass is 10.1. The summed E-state index contributed by atoms with van der Waals surface area (Å²) in [7, 11) is 1.58. The molecule has 5 aromatic rings. The van der Waals surface area contributed by atoms with Crippen LogP contribution < -0.4 is 4.74 Å². The monoisotopic (exact) mass is 493 g/mol. The first-order valence-corrected chi connectivity index (χ1v) is 11.0. The first-order chi connectivity index (χ1) is 16.5. The van der Waals surface area contributed by atoms with Crippen LogP contribution in [0, 0.1) is 6.92 Å². The number of nitrogens with zero attached hydrogens (tertiary/aromatic N) is 5. The van der Waals surface area contributed by atoms with E-state index in [1.165, 1.54) is 6.33 Å². The third-order valence-corrected chi connectivity index (χ3v) is 6.12. The number of ketones is 1. The number of methoxy groups -OCH3 is 1. The average molecular weight is 494 g/mol. The molecule has 34 heavy (non-hydrogen) atoms. The quantitative estimate of drug-likeness (QED) is 0.292. The Morgan fingerprint density at radius 1 is 1.15 bits per heavy atom. The smallest absolute Gasteiger partial charge is 0.299 e. The zero-order valence-corrected chi connectivity index (χ0v) is 19.6. The summed E-state index contributed by atoms with van der Waals surface area (Å²) in [5.41, 5.74) is 3.32. The third kappa shape index (κ3) is 3.91. The number of carbonyl (C=O) groups is 1. The predicted octanol–water partition coefficient (Wildman–Crippen LogP) is 5.38. The molecular weight excluding hydrogens is 477 g/mol. The van der Waals surface area contributed by atoms with E-state index in [0.717, 1.165) is 16.8 Å². The number of rotatable bonds is 6. The van der Waals surface area contributed by atoms with Crippen LogP contribution in [-0.4, -0.2) is 37.6 Å². The van der Waals surface area contributed by atoms with Crippen LogP contribution in [-0.2, 0) is 6.54 Å². The van der Waals surface area contributed by atoms with Gasteiger partial charge in [0, 0.05) is 39.4 Å². The lowest BCUT2D eigenvalue weighted by Crippen LogP contribution is -2.07. The number of ether oxygens (including phenoxy) is 1.